The van der Waals surface area contributed by atoms with E-state index in [0.29, 0.717) is 17.9 Å². The van der Waals surface area contributed by atoms with Crippen LogP contribution in [0.2, 0.25) is 0 Å². The quantitative estimate of drug-likeness (QED) is 0.716. The summed E-state index contributed by atoms with van der Waals surface area (Å²) in [6, 6.07) is 6.40. The highest BCUT2D eigenvalue weighted by atomic mass is 32.2. The summed E-state index contributed by atoms with van der Waals surface area (Å²) in [5, 5.41) is 2.69. The van der Waals surface area contributed by atoms with Crippen LogP contribution in [0.3, 0.4) is 0 Å². The number of rotatable bonds is 8. The van der Waals surface area contributed by atoms with Gasteiger partial charge >= 0.3 is 5.97 Å². The summed E-state index contributed by atoms with van der Waals surface area (Å²) >= 11 is 0. The van der Waals surface area contributed by atoms with Crippen LogP contribution in [0.1, 0.15) is 36.5 Å². The molecule has 0 aromatic heterocycles. The minimum Gasteiger partial charge on any atom is -0.462 e. The Kier molecular flexibility index (Phi) is 5.95. The van der Waals surface area contributed by atoms with Crippen LogP contribution < -0.4 is 5.32 Å². The number of esters is 1. The highest BCUT2D eigenvalue weighted by Gasteiger charge is 2.34. The van der Waals surface area contributed by atoms with E-state index in [4.69, 9.17) is 4.74 Å². The van der Waals surface area contributed by atoms with Crippen LogP contribution in [0.25, 0.3) is 0 Å². The Morgan fingerprint density at radius 3 is 2.38 bits per heavy atom. The Morgan fingerprint density at radius 1 is 1.25 bits per heavy atom. The largest absolute Gasteiger partial charge is 0.462 e. The van der Waals surface area contributed by atoms with Gasteiger partial charge in [-0.1, -0.05) is 0 Å². The Balaban J connectivity index is 1.87. The van der Waals surface area contributed by atoms with E-state index in [9.17, 15) is 18.0 Å². The summed E-state index contributed by atoms with van der Waals surface area (Å²) in [6.07, 6.45) is 2.95. The number of anilines is 1. The van der Waals surface area contributed by atoms with E-state index in [1.165, 1.54) is 4.31 Å². The molecule has 7 nitrogen and oxygen atoms in total. The lowest BCUT2D eigenvalue weighted by Gasteiger charge is -2.18. The van der Waals surface area contributed by atoms with Gasteiger partial charge in [0.25, 0.3) is 0 Å². The van der Waals surface area contributed by atoms with Crippen LogP contribution in [0, 0.1) is 0 Å². The SMILES string of the molecule is CCOC(=O)c1ccc(NC(=O)CCN(C2CC2)S(C)(=O)=O)cc1. The van der Waals surface area contributed by atoms with Gasteiger partial charge in [-0.3, -0.25) is 4.79 Å². The number of hydrogen-bond donors (Lipinski definition) is 1. The van der Waals surface area contributed by atoms with Crippen molar-refractivity contribution in [3.05, 3.63) is 29.8 Å². The van der Waals surface area contributed by atoms with Gasteiger partial charge in [0.05, 0.1) is 18.4 Å². The first kappa shape index (κ1) is 18.4. The predicted octanol–water partition coefficient (Wildman–Crippen LogP) is 1.62. The maximum absolute atomic E-state index is 12.0. The van der Waals surface area contributed by atoms with Crippen LogP contribution in [0.15, 0.2) is 24.3 Å². The van der Waals surface area contributed by atoms with Gasteiger partial charge in [-0.15, -0.1) is 0 Å². The topological polar surface area (TPSA) is 92.8 Å². The second kappa shape index (κ2) is 7.76. The Bertz CT molecular complexity index is 696. The fourth-order valence-corrected chi connectivity index (χ4v) is 3.50. The van der Waals surface area contributed by atoms with Crippen molar-refractivity contribution in [1.82, 2.24) is 4.31 Å². The van der Waals surface area contributed by atoms with Crippen LogP contribution in [0.5, 0.6) is 0 Å². The molecule has 0 spiro atoms. The van der Waals surface area contributed by atoms with Crippen molar-refractivity contribution in [2.45, 2.75) is 32.2 Å². The number of nitrogens with zero attached hydrogens (tertiary/aromatic N) is 1. The summed E-state index contributed by atoms with van der Waals surface area (Å²) in [4.78, 5) is 23.5. The van der Waals surface area contributed by atoms with Crippen molar-refractivity contribution in [2.75, 3.05) is 24.7 Å². The van der Waals surface area contributed by atoms with E-state index in [0.717, 1.165) is 19.1 Å². The first-order chi connectivity index (χ1) is 11.3. The first-order valence-electron chi connectivity index (χ1n) is 7.85. The van der Waals surface area contributed by atoms with Gasteiger partial charge in [-0.2, -0.15) is 4.31 Å². The fraction of sp³-hybridized carbons (Fsp3) is 0.500. The zero-order valence-electron chi connectivity index (χ0n) is 13.8. The van der Waals surface area contributed by atoms with Crippen molar-refractivity contribution < 1.29 is 22.7 Å². The van der Waals surface area contributed by atoms with Crippen molar-refractivity contribution in [1.29, 1.82) is 0 Å². The molecule has 1 aromatic carbocycles. The van der Waals surface area contributed by atoms with Crippen LogP contribution in [-0.4, -0.2) is 50.0 Å². The van der Waals surface area contributed by atoms with Gasteiger partial charge in [-0.25, -0.2) is 13.2 Å². The molecule has 2 rings (SSSR count). The molecule has 0 saturated heterocycles. The fourth-order valence-electron chi connectivity index (χ4n) is 2.32. The highest BCUT2D eigenvalue weighted by Crippen LogP contribution is 2.28. The molecule has 1 amide bonds. The zero-order valence-corrected chi connectivity index (χ0v) is 14.6. The average Bonchev–Trinajstić information content (AvgIpc) is 3.31. The Hall–Kier alpha value is -1.93. The number of sulfonamides is 1. The minimum atomic E-state index is -3.29. The molecule has 1 aliphatic rings. The molecule has 24 heavy (non-hydrogen) atoms. The number of carbonyl (C=O) groups excluding carboxylic acids is 2. The summed E-state index contributed by atoms with van der Waals surface area (Å²) in [5.41, 5.74) is 0.956. The zero-order chi connectivity index (χ0) is 17.7. The molecule has 1 saturated carbocycles. The van der Waals surface area contributed by atoms with Crippen molar-refractivity contribution in [3.8, 4) is 0 Å². The molecule has 0 aliphatic heterocycles. The third kappa shape index (κ3) is 5.31. The summed E-state index contributed by atoms with van der Waals surface area (Å²) in [5.74, 6) is -0.684. The smallest absolute Gasteiger partial charge is 0.338 e. The third-order valence-electron chi connectivity index (χ3n) is 3.62. The minimum absolute atomic E-state index is 0.0386. The third-order valence-corrected chi connectivity index (χ3v) is 4.95. The Morgan fingerprint density at radius 2 is 1.88 bits per heavy atom. The van der Waals surface area contributed by atoms with Gasteiger partial charge < -0.3 is 10.1 Å². The molecule has 1 aromatic rings. The van der Waals surface area contributed by atoms with Gasteiger partial charge in [0.1, 0.15) is 0 Å². The van der Waals surface area contributed by atoms with Gasteiger partial charge in [0.15, 0.2) is 0 Å². The van der Waals surface area contributed by atoms with Gasteiger partial charge in [0, 0.05) is 24.7 Å². The van der Waals surface area contributed by atoms with Crippen LogP contribution in [0.4, 0.5) is 5.69 Å². The number of hydrogen-bond acceptors (Lipinski definition) is 5. The lowest BCUT2D eigenvalue weighted by atomic mass is 10.2. The van der Waals surface area contributed by atoms with Gasteiger partial charge in [0.2, 0.25) is 15.9 Å². The van der Waals surface area contributed by atoms with E-state index < -0.39 is 16.0 Å². The van der Waals surface area contributed by atoms with Gasteiger partial charge in [-0.05, 0) is 44.0 Å². The normalized spacial score (nSPS) is 14.5. The predicted molar refractivity (Wildman–Crippen MR) is 90.2 cm³/mol. The molecule has 1 aliphatic carbocycles. The summed E-state index contributed by atoms with van der Waals surface area (Å²) in [6.45, 7) is 2.21. The lowest BCUT2D eigenvalue weighted by Crippen LogP contribution is -2.34. The first-order valence-corrected chi connectivity index (χ1v) is 9.70. The monoisotopic (exact) mass is 354 g/mol. The van der Waals surface area contributed by atoms with E-state index in [2.05, 4.69) is 5.32 Å². The molecule has 1 N–H and O–H groups in total. The van der Waals surface area contributed by atoms with Crippen molar-refractivity contribution in [2.24, 2.45) is 0 Å². The average molecular weight is 354 g/mol. The number of amides is 1. The second-order valence-electron chi connectivity index (χ2n) is 5.70. The molecule has 0 atom stereocenters. The lowest BCUT2D eigenvalue weighted by molar-refractivity contribution is -0.116. The van der Waals surface area contributed by atoms with Crippen molar-refractivity contribution in [3.63, 3.8) is 0 Å². The standard InChI is InChI=1S/C16H22N2O5S/c1-3-23-16(20)12-4-6-13(7-5-12)17-15(19)10-11-18(14-8-9-14)24(2,21)22/h4-7,14H,3,8-11H2,1-2H3,(H,17,19). The van der Waals surface area contributed by atoms with E-state index in [1.807, 2.05) is 0 Å². The van der Waals surface area contributed by atoms with Crippen LogP contribution in [-0.2, 0) is 19.6 Å². The molecule has 0 unspecified atom stereocenters. The molecule has 0 heterocycles. The molecule has 0 bridgehead atoms. The molecule has 132 valence electrons. The number of ether oxygens (including phenoxy) is 1. The summed E-state index contributed by atoms with van der Waals surface area (Å²) < 4.78 is 29.6. The Labute approximate surface area is 142 Å². The number of benzene rings is 1. The molecule has 0 radical (unpaired) electrons. The molecule has 1 fully saturated rings. The van der Waals surface area contributed by atoms with Crippen LogP contribution >= 0.6 is 0 Å². The molecular formula is C16H22N2O5S. The molecular weight excluding hydrogens is 332 g/mol. The highest BCUT2D eigenvalue weighted by molar-refractivity contribution is 7.88. The van der Waals surface area contributed by atoms with E-state index in [1.54, 1.807) is 31.2 Å². The number of nitrogens with one attached hydrogen (secondary N) is 1. The maximum Gasteiger partial charge on any atom is 0.338 e. The summed E-state index contributed by atoms with van der Waals surface area (Å²) in [7, 11) is -3.29. The second-order valence-corrected chi connectivity index (χ2v) is 7.64. The van der Waals surface area contributed by atoms with E-state index >= 15 is 0 Å². The number of carbonyl (C=O) groups is 2. The molecule has 8 heteroatoms. The maximum atomic E-state index is 12.0. The van der Waals surface area contributed by atoms with Crippen molar-refractivity contribution >= 4 is 27.6 Å². The van der Waals surface area contributed by atoms with E-state index in [-0.39, 0.29) is 24.9 Å².